The first-order chi connectivity index (χ1) is 9.59. The van der Waals surface area contributed by atoms with Crippen molar-refractivity contribution in [2.24, 2.45) is 0 Å². The van der Waals surface area contributed by atoms with E-state index in [0.717, 1.165) is 5.69 Å². The Morgan fingerprint density at radius 1 is 0.950 bits per heavy atom. The van der Waals surface area contributed by atoms with Gasteiger partial charge in [0.15, 0.2) is 0 Å². The summed E-state index contributed by atoms with van der Waals surface area (Å²) in [5.41, 5.74) is 7.23. The molecule has 0 fully saturated rings. The molecule has 0 bridgehead atoms. The quantitative estimate of drug-likeness (QED) is 0.387. The summed E-state index contributed by atoms with van der Waals surface area (Å²) < 4.78 is 21.4. The van der Waals surface area contributed by atoms with Gasteiger partial charge in [0.25, 0.3) is 0 Å². The average Bonchev–Trinajstić information content (AvgIpc) is 2.42. The molecule has 20 heavy (non-hydrogen) atoms. The minimum absolute atomic E-state index is 0.419. The fraction of sp³-hybridized carbons (Fsp3) is 0.571. The van der Waals surface area contributed by atoms with Crippen LogP contribution in [0.15, 0.2) is 24.3 Å². The Kier molecular flexibility index (Phi) is 7.32. The number of nitrogens with two attached hydrogens (primary N) is 1. The molecule has 0 unspecified atom stereocenters. The van der Waals surface area contributed by atoms with Crippen LogP contribution in [0.3, 0.4) is 0 Å². The van der Waals surface area contributed by atoms with E-state index in [2.05, 4.69) is 5.32 Å². The molecule has 6 nitrogen and oxygen atoms in total. The highest BCUT2D eigenvalue weighted by molar-refractivity contribution is 5.51. The summed E-state index contributed by atoms with van der Waals surface area (Å²) >= 11 is 0. The summed E-state index contributed by atoms with van der Waals surface area (Å²) in [4.78, 5) is 0. The molecule has 0 aliphatic rings. The summed E-state index contributed by atoms with van der Waals surface area (Å²) in [6.45, 7) is 3.64. The lowest BCUT2D eigenvalue weighted by molar-refractivity contribution is -0.214. The lowest BCUT2D eigenvalue weighted by Crippen LogP contribution is -2.42. The van der Waals surface area contributed by atoms with Gasteiger partial charge in [0.1, 0.15) is 0 Å². The molecule has 114 valence electrons. The maximum absolute atomic E-state index is 5.71. The van der Waals surface area contributed by atoms with Crippen LogP contribution >= 0.6 is 0 Å². The van der Waals surface area contributed by atoms with Gasteiger partial charge in [0.2, 0.25) is 5.91 Å². The minimum atomic E-state index is -0.951. The Morgan fingerprint density at radius 3 is 1.90 bits per heavy atom. The van der Waals surface area contributed by atoms with E-state index < -0.39 is 5.91 Å². The van der Waals surface area contributed by atoms with Crippen LogP contribution < -0.4 is 11.1 Å². The Labute approximate surface area is 120 Å². The normalized spacial score (nSPS) is 11.6. The molecule has 0 aliphatic heterocycles. The zero-order valence-electron chi connectivity index (χ0n) is 12.3. The molecule has 3 N–H and O–H groups in total. The summed E-state index contributed by atoms with van der Waals surface area (Å²) in [6.07, 6.45) is 0. The van der Waals surface area contributed by atoms with Gasteiger partial charge in [-0.2, -0.15) is 0 Å². The Balaban J connectivity index is 2.62. The van der Waals surface area contributed by atoms with Crippen LogP contribution in [0.2, 0.25) is 0 Å². The molecular formula is C14H24N2O4. The molecule has 0 radical (unpaired) electrons. The van der Waals surface area contributed by atoms with Crippen LogP contribution in [0.25, 0.3) is 0 Å². The van der Waals surface area contributed by atoms with Gasteiger partial charge in [-0.1, -0.05) is 0 Å². The van der Waals surface area contributed by atoms with Crippen molar-refractivity contribution in [3.63, 3.8) is 0 Å². The summed E-state index contributed by atoms with van der Waals surface area (Å²) in [5.74, 6) is -0.951. The van der Waals surface area contributed by atoms with Crippen molar-refractivity contribution in [3.8, 4) is 0 Å². The number of hydrogen-bond acceptors (Lipinski definition) is 6. The Bertz CT molecular complexity index is 360. The van der Waals surface area contributed by atoms with E-state index >= 15 is 0 Å². The zero-order valence-corrected chi connectivity index (χ0v) is 12.3. The fourth-order valence-electron chi connectivity index (χ4n) is 1.58. The number of methoxy groups -OCH3 is 2. The SMILES string of the molecule is COCCOC(C)(Nc1ccc(N)cc1)OCCOC. The van der Waals surface area contributed by atoms with E-state index in [4.69, 9.17) is 24.7 Å². The molecule has 1 rings (SSSR count). The van der Waals surface area contributed by atoms with E-state index in [-0.39, 0.29) is 0 Å². The third-order valence-corrected chi connectivity index (χ3v) is 2.61. The molecule has 0 aromatic heterocycles. The molecule has 0 atom stereocenters. The predicted molar refractivity (Wildman–Crippen MR) is 78.5 cm³/mol. The summed E-state index contributed by atoms with van der Waals surface area (Å²) in [5, 5.41) is 3.19. The third-order valence-electron chi connectivity index (χ3n) is 2.61. The first-order valence-electron chi connectivity index (χ1n) is 6.49. The molecule has 0 saturated carbocycles. The monoisotopic (exact) mass is 284 g/mol. The van der Waals surface area contributed by atoms with Gasteiger partial charge >= 0.3 is 0 Å². The Morgan fingerprint density at radius 2 is 1.45 bits per heavy atom. The van der Waals surface area contributed by atoms with Crippen LogP contribution in [0.5, 0.6) is 0 Å². The number of rotatable bonds is 10. The lowest BCUT2D eigenvalue weighted by Gasteiger charge is -2.31. The number of nitrogens with one attached hydrogen (secondary N) is 1. The average molecular weight is 284 g/mol. The second-order valence-corrected chi connectivity index (χ2v) is 4.38. The highest BCUT2D eigenvalue weighted by Gasteiger charge is 2.25. The summed E-state index contributed by atoms with van der Waals surface area (Å²) in [6, 6.07) is 7.36. The van der Waals surface area contributed by atoms with Gasteiger partial charge in [-0.15, -0.1) is 0 Å². The van der Waals surface area contributed by atoms with Gasteiger partial charge < -0.3 is 30.0 Å². The smallest absolute Gasteiger partial charge is 0.246 e. The van der Waals surface area contributed by atoms with E-state index in [1.54, 1.807) is 14.2 Å². The van der Waals surface area contributed by atoms with Crippen LogP contribution in [0.4, 0.5) is 11.4 Å². The van der Waals surface area contributed by atoms with E-state index in [9.17, 15) is 0 Å². The highest BCUT2D eigenvalue weighted by atomic mass is 16.7. The van der Waals surface area contributed by atoms with Crippen molar-refractivity contribution in [2.45, 2.75) is 12.8 Å². The first kappa shape index (κ1) is 16.7. The van der Waals surface area contributed by atoms with E-state index in [1.807, 2.05) is 31.2 Å². The third kappa shape index (κ3) is 6.21. The number of anilines is 2. The van der Waals surface area contributed by atoms with Crippen molar-refractivity contribution >= 4 is 11.4 Å². The summed E-state index contributed by atoms with van der Waals surface area (Å²) in [7, 11) is 3.25. The largest absolute Gasteiger partial charge is 0.399 e. The van der Waals surface area contributed by atoms with Gasteiger partial charge in [0.05, 0.1) is 26.4 Å². The number of benzene rings is 1. The van der Waals surface area contributed by atoms with Crippen LogP contribution in [0.1, 0.15) is 6.92 Å². The molecule has 0 aliphatic carbocycles. The van der Waals surface area contributed by atoms with Crippen molar-refractivity contribution in [1.82, 2.24) is 0 Å². The van der Waals surface area contributed by atoms with Gasteiger partial charge in [-0.3, -0.25) is 0 Å². The van der Waals surface area contributed by atoms with Crippen molar-refractivity contribution in [2.75, 3.05) is 51.7 Å². The highest BCUT2D eigenvalue weighted by Crippen LogP contribution is 2.19. The van der Waals surface area contributed by atoms with Gasteiger partial charge in [0, 0.05) is 32.5 Å². The van der Waals surface area contributed by atoms with Crippen molar-refractivity contribution < 1.29 is 18.9 Å². The first-order valence-corrected chi connectivity index (χ1v) is 6.49. The maximum Gasteiger partial charge on any atom is 0.246 e. The standard InChI is InChI=1S/C14H24N2O4/c1-14(19-10-8-17-2,20-11-9-18-3)16-13-6-4-12(15)5-7-13/h4-7,16H,8-11,15H2,1-3H3. The number of hydrogen-bond donors (Lipinski definition) is 2. The molecule has 0 heterocycles. The molecule has 6 heteroatoms. The minimum Gasteiger partial charge on any atom is -0.399 e. The molecule has 0 saturated heterocycles. The van der Waals surface area contributed by atoms with E-state index in [1.165, 1.54) is 0 Å². The van der Waals surface area contributed by atoms with Crippen molar-refractivity contribution in [1.29, 1.82) is 0 Å². The molecule has 0 spiro atoms. The number of ether oxygens (including phenoxy) is 4. The maximum atomic E-state index is 5.71. The molecule has 1 aromatic carbocycles. The van der Waals surface area contributed by atoms with Crippen LogP contribution in [-0.4, -0.2) is 46.6 Å². The van der Waals surface area contributed by atoms with Crippen LogP contribution in [0, 0.1) is 0 Å². The predicted octanol–water partition coefficient (Wildman–Crippen LogP) is 1.68. The van der Waals surface area contributed by atoms with E-state index in [0.29, 0.717) is 32.1 Å². The molecular weight excluding hydrogens is 260 g/mol. The van der Waals surface area contributed by atoms with Gasteiger partial charge in [-0.05, 0) is 24.3 Å². The molecule has 1 aromatic rings. The molecule has 0 amide bonds. The van der Waals surface area contributed by atoms with Crippen molar-refractivity contribution in [3.05, 3.63) is 24.3 Å². The second kappa shape index (κ2) is 8.76. The second-order valence-electron chi connectivity index (χ2n) is 4.38. The Hall–Kier alpha value is -1.34. The van der Waals surface area contributed by atoms with Crippen LogP contribution in [-0.2, 0) is 18.9 Å². The number of nitrogen functional groups attached to an aromatic ring is 1. The van der Waals surface area contributed by atoms with Gasteiger partial charge in [-0.25, -0.2) is 0 Å². The lowest BCUT2D eigenvalue weighted by atomic mass is 10.3. The topological polar surface area (TPSA) is 75.0 Å². The fourth-order valence-corrected chi connectivity index (χ4v) is 1.58. The zero-order chi connectivity index (χ0) is 14.8.